The van der Waals surface area contributed by atoms with Crippen LogP contribution in [0.4, 0.5) is 4.39 Å². The fourth-order valence-corrected chi connectivity index (χ4v) is 10.0. The molecule has 198 valence electrons. The van der Waals surface area contributed by atoms with E-state index >= 15 is 4.39 Å². The SMILES string of the molecule is COC(=O)C12CCC(C)(C)CC1C1C(=O)C=C3C4(C)C=C(F)C(=O)C(C)(C)C4CCC3(C)C1(C)CC2. The van der Waals surface area contributed by atoms with Crippen molar-refractivity contribution in [1.82, 2.24) is 0 Å². The van der Waals surface area contributed by atoms with Gasteiger partial charge in [-0.2, -0.15) is 0 Å². The van der Waals surface area contributed by atoms with E-state index in [0.717, 1.165) is 50.5 Å². The van der Waals surface area contributed by atoms with Crippen LogP contribution in [0.2, 0.25) is 0 Å². The summed E-state index contributed by atoms with van der Waals surface area (Å²) in [6.45, 7) is 14.8. The summed E-state index contributed by atoms with van der Waals surface area (Å²) in [5.74, 6) is -1.59. The summed E-state index contributed by atoms with van der Waals surface area (Å²) in [5.41, 5.74) is -1.77. The van der Waals surface area contributed by atoms with Crippen molar-refractivity contribution in [3.63, 3.8) is 0 Å². The minimum absolute atomic E-state index is 0.0505. The molecule has 4 nitrogen and oxygen atoms in total. The lowest BCUT2D eigenvalue weighted by Gasteiger charge is -2.68. The third kappa shape index (κ3) is 2.95. The lowest BCUT2D eigenvalue weighted by atomic mass is 9.34. The molecule has 0 aromatic rings. The van der Waals surface area contributed by atoms with Crippen LogP contribution in [0.15, 0.2) is 23.6 Å². The van der Waals surface area contributed by atoms with Crippen molar-refractivity contribution in [3.05, 3.63) is 23.6 Å². The number of carbonyl (C=O) groups excluding carboxylic acids is 3. The number of methoxy groups -OCH3 is 1. The van der Waals surface area contributed by atoms with E-state index in [1.54, 1.807) is 0 Å². The van der Waals surface area contributed by atoms with Crippen LogP contribution in [-0.4, -0.2) is 24.6 Å². The van der Waals surface area contributed by atoms with Gasteiger partial charge >= 0.3 is 5.97 Å². The first-order valence-corrected chi connectivity index (χ1v) is 13.8. The van der Waals surface area contributed by atoms with Crippen molar-refractivity contribution in [2.75, 3.05) is 7.11 Å². The minimum Gasteiger partial charge on any atom is -0.469 e. The second-order valence-corrected chi connectivity index (χ2v) is 14.7. The summed E-state index contributed by atoms with van der Waals surface area (Å²) >= 11 is 0. The van der Waals surface area contributed by atoms with Crippen molar-refractivity contribution in [3.8, 4) is 0 Å². The van der Waals surface area contributed by atoms with Crippen LogP contribution in [-0.2, 0) is 19.1 Å². The number of esters is 1. The predicted octanol–water partition coefficient (Wildman–Crippen LogP) is 6.78. The normalized spacial score (nSPS) is 46.9. The monoisotopic (exact) mass is 498 g/mol. The summed E-state index contributed by atoms with van der Waals surface area (Å²) in [6.07, 6.45) is 9.02. The molecule has 0 amide bonds. The van der Waals surface area contributed by atoms with Gasteiger partial charge in [-0.1, -0.05) is 54.0 Å². The molecule has 5 aliphatic carbocycles. The molecule has 7 atom stereocenters. The van der Waals surface area contributed by atoms with Gasteiger partial charge in [0.05, 0.1) is 12.5 Å². The summed E-state index contributed by atoms with van der Waals surface area (Å²) < 4.78 is 20.5. The van der Waals surface area contributed by atoms with E-state index in [0.29, 0.717) is 0 Å². The van der Waals surface area contributed by atoms with Gasteiger partial charge in [0.15, 0.2) is 17.4 Å². The van der Waals surface area contributed by atoms with Gasteiger partial charge in [0, 0.05) is 16.7 Å². The Morgan fingerprint density at radius 2 is 1.61 bits per heavy atom. The largest absolute Gasteiger partial charge is 0.469 e. The molecule has 5 aliphatic rings. The lowest BCUT2D eigenvalue weighted by molar-refractivity contribution is -0.191. The Labute approximate surface area is 215 Å². The molecule has 0 N–H and O–H groups in total. The quantitative estimate of drug-likeness (QED) is 0.374. The highest BCUT2D eigenvalue weighted by Crippen LogP contribution is 2.74. The smallest absolute Gasteiger partial charge is 0.312 e. The summed E-state index contributed by atoms with van der Waals surface area (Å²) in [4.78, 5) is 40.4. The molecule has 5 heteroatoms. The van der Waals surface area contributed by atoms with Gasteiger partial charge in [-0.3, -0.25) is 14.4 Å². The van der Waals surface area contributed by atoms with Crippen LogP contribution >= 0.6 is 0 Å². The van der Waals surface area contributed by atoms with Gasteiger partial charge < -0.3 is 4.74 Å². The predicted molar refractivity (Wildman–Crippen MR) is 136 cm³/mol. The maximum absolute atomic E-state index is 15.1. The molecular weight excluding hydrogens is 455 g/mol. The van der Waals surface area contributed by atoms with E-state index in [-0.39, 0.29) is 45.8 Å². The van der Waals surface area contributed by atoms with Gasteiger partial charge in [0.25, 0.3) is 0 Å². The van der Waals surface area contributed by atoms with Gasteiger partial charge in [-0.25, -0.2) is 4.39 Å². The van der Waals surface area contributed by atoms with E-state index in [1.807, 2.05) is 26.8 Å². The van der Waals surface area contributed by atoms with Gasteiger partial charge in [-0.05, 0) is 85.2 Å². The highest BCUT2D eigenvalue weighted by atomic mass is 19.1. The molecule has 0 bridgehead atoms. The van der Waals surface area contributed by atoms with Crippen molar-refractivity contribution in [2.45, 2.75) is 93.4 Å². The molecule has 5 rings (SSSR count). The number of fused-ring (bicyclic) bond motifs is 7. The fraction of sp³-hybridized carbons (Fsp3) is 0.774. The Balaban J connectivity index is 1.69. The molecule has 0 saturated heterocycles. The van der Waals surface area contributed by atoms with Crippen molar-refractivity contribution in [1.29, 1.82) is 0 Å². The lowest BCUT2D eigenvalue weighted by Crippen LogP contribution is -2.65. The molecule has 36 heavy (non-hydrogen) atoms. The first kappa shape index (κ1) is 25.9. The summed E-state index contributed by atoms with van der Waals surface area (Å²) in [7, 11) is 1.47. The Bertz CT molecular complexity index is 1110. The Kier molecular flexibility index (Phi) is 5.32. The van der Waals surface area contributed by atoms with E-state index < -0.39 is 27.9 Å². The second kappa shape index (κ2) is 7.41. The summed E-state index contributed by atoms with van der Waals surface area (Å²) in [6, 6.07) is 0. The zero-order valence-electron chi connectivity index (χ0n) is 23.3. The molecule has 7 unspecified atom stereocenters. The molecule has 3 saturated carbocycles. The number of Topliss-reactive ketones (excluding diaryl/α,β-unsaturated/α-hetero) is 1. The number of rotatable bonds is 1. The maximum atomic E-state index is 15.1. The number of hydrogen-bond donors (Lipinski definition) is 0. The number of ketones is 2. The van der Waals surface area contributed by atoms with Crippen LogP contribution in [0.5, 0.6) is 0 Å². The summed E-state index contributed by atoms with van der Waals surface area (Å²) in [5, 5.41) is 0. The molecule has 0 aromatic heterocycles. The van der Waals surface area contributed by atoms with E-state index in [2.05, 4.69) is 27.7 Å². The Hall–Kier alpha value is -1.78. The zero-order chi connectivity index (χ0) is 26.7. The molecule has 0 spiro atoms. The van der Waals surface area contributed by atoms with Crippen LogP contribution in [0.25, 0.3) is 0 Å². The Morgan fingerprint density at radius 3 is 2.25 bits per heavy atom. The van der Waals surface area contributed by atoms with E-state index in [9.17, 15) is 14.4 Å². The number of allylic oxidation sites excluding steroid dienone is 4. The molecule has 3 fully saturated rings. The average molecular weight is 499 g/mol. The number of hydrogen-bond acceptors (Lipinski definition) is 4. The number of carbonyl (C=O) groups is 3. The van der Waals surface area contributed by atoms with E-state index in [1.165, 1.54) is 13.2 Å². The Morgan fingerprint density at radius 1 is 0.972 bits per heavy atom. The van der Waals surface area contributed by atoms with Crippen LogP contribution in [0.1, 0.15) is 93.4 Å². The van der Waals surface area contributed by atoms with Crippen LogP contribution < -0.4 is 0 Å². The highest BCUT2D eigenvalue weighted by molar-refractivity contribution is 6.00. The van der Waals surface area contributed by atoms with Crippen LogP contribution in [0.3, 0.4) is 0 Å². The average Bonchev–Trinajstić information content (AvgIpc) is 2.78. The third-order valence-corrected chi connectivity index (χ3v) is 12.3. The van der Waals surface area contributed by atoms with Gasteiger partial charge in [0.2, 0.25) is 0 Å². The second-order valence-electron chi connectivity index (χ2n) is 14.7. The minimum atomic E-state index is -0.823. The van der Waals surface area contributed by atoms with E-state index in [4.69, 9.17) is 4.74 Å². The molecular formula is C31H43FO4. The molecule has 0 aliphatic heterocycles. The number of ether oxygens (including phenoxy) is 1. The zero-order valence-corrected chi connectivity index (χ0v) is 23.3. The molecule has 0 radical (unpaired) electrons. The van der Waals surface area contributed by atoms with Crippen LogP contribution in [0, 0.1) is 50.2 Å². The maximum Gasteiger partial charge on any atom is 0.312 e. The topological polar surface area (TPSA) is 60.4 Å². The standard InChI is InChI=1S/C31H43FO4/c1-26(2)11-13-31(25(35)36-8)14-12-30(7)23(18(31)16-26)20(33)15-22-28(5)17-19(32)24(34)27(3,4)21(28)9-10-29(22,30)6/h15,17-18,21,23H,9-14,16H2,1-8H3. The van der Waals surface area contributed by atoms with Gasteiger partial charge in [-0.15, -0.1) is 0 Å². The van der Waals surface area contributed by atoms with Crippen molar-refractivity contribution >= 4 is 17.5 Å². The van der Waals surface area contributed by atoms with Gasteiger partial charge in [0.1, 0.15) is 0 Å². The first-order valence-electron chi connectivity index (χ1n) is 13.8. The first-order chi connectivity index (χ1) is 16.5. The highest BCUT2D eigenvalue weighted by Gasteiger charge is 2.71. The molecule has 0 aromatic carbocycles. The third-order valence-electron chi connectivity index (χ3n) is 12.3. The fourth-order valence-electron chi connectivity index (χ4n) is 10.0. The number of halogens is 1. The molecule has 0 heterocycles. The van der Waals surface area contributed by atoms with Crippen molar-refractivity contribution in [2.24, 2.45) is 50.2 Å². The van der Waals surface area contributed by atoms with Crippen molar-refractivity contribution < 1.29 is 23.5 Å².